The second-order valence-electron chi connectivity index (χ2n) is 8.68. The highest BCUT2D eigenvalue weighted by Gasteiger charge is 2.33. The van der Waals surface area contributed by atoms with Crippen LogP contribution < -0.4 is 9.37 Å². The molecule has 3 aromatic carbocycles. The van der Waals surface area contributed by atoms with Crippen LogP contribution in [0.4, 0.5) is 5.69 Å². The number of fused-ring (bicyclic) bond motifs is 1. The van der Waals surface area contributed by atoms with E-state index >= 15 is 0 Å². The lowest BCUT2D eigenvalue weighted by Crippen LogP contribution is -2.38. The van der Waals surface area contributed by atoms with Crippen LogP contribution in [0.5, 0.6) is 0 Å². The number of aliphatic imine (C=N–C) groups is 1. The molecule has 0 aliphatic carbocycles. The number of imide groups is 1. The van der Waals surface area contributed by atoms with Crippen molar-refractivity contribution in [2.75, 3.05) is 6.61 Å². The van der Waals surface area contributed by atoms with Crippen molar-refractivity contribution in [1.82, 2.24) is 9.58 Å². The Balaban J connectivity index is 1.42. The van der Waals surface area contributed by atoms with Crippen molar-refractivity contribution in [3.63, 3.8) is 0 Å². The summed E-state index contributed by atoms with van der Waals surface area (Å²) in [6, 6.07) is 20.6. The highest BCUT2D eigenvalue weighted by atomic mass is 32.1. The SMILES string of the molecule is Cn1c(=NN2C(=O)c3cccc4cc(N=Cc5cc[n+](CCO)cc5)cc(c34)C2=O)sc2ccccc21. The quantitative estimate of drug-likeness (QED) is 0.224. The van der Waals surface area contributed by atoms with Gasteiger partial charge in [0.2, 0.25) is 4.80 Å². The van der Waals surface area contributed by atoms with Gasteiger partial charge in [0, 0.05) is 36.3 Å². The van der Waals surface area contributed by atoms with E-state index in [1.165, 1.54) is 11.3 Å². The zero-order valence-corrected chi connectivity index (χ0v) is 20.7. The lowest BCUT2D eigenvalue weighted by Gasteiger charge is -2.23. The number of para-hydroxylation sites is 1. The predicted molar refractivity (Wildman–Crippen MR) is 142 cm³/mol. The molecular formula is C28H22N5O3S+. The second-order valence-corrected chi connectivity index (χ2v) is 9.69. The molecule has 8 nitrogen and oxygen atoms in total. The molecule has 1 aliphatic rings. The molecule has 6 rings (SSSR count). The number of benzene rings is 3. The molecule has 2 aromatic heterocycles. The van der Waals surface area contributed by atoms with Gasteiger partial charge in [-0.3, -0.25) is 14.6 Å². The number of hydrogen-bond donors (Lipinski definition) is 1. The normalized spacial score (nSPS) is 14.0. The Morgan fingerprint density at radius 1 is 0.973 bits per heavy atom. The molecule has 1 aliphatic heterocycles. The van der Waals surface area contributed by atoms with Crippen LogP contribution in [-0.4, -0.2) is 39.3 Å². The number of amides is 2. The smallest absolute Gasteiger partial charge is 0.282 e. The Labute approximate surface area is 215 Å². The monoisotopic (exact) mass is 508 g/mol. The molecule has 37 heavy (non-hydrogen) atoms. The van der Waals surface area contributed by atoms with Gasteiger partial charge in [0.1, 0.15) is 6.61 Å². The fraction of sp³-hybridized carbons (Fsp3) is 0.107. The lowest BCUT2D eigenvalue weighted by molar-refractivity contribution is -0.698. The van der Waals surface area contributed by atoms with Crippen molar-refractivity contribution in [3.05, 3.63) is 101 Å². The number of aryl methyl sites for hydroxylation is 1. The maximum absolute atomic E-state index is 13.6. The first-order valence-electron chi connectivity index (χ1n) is 11.7. The molecule has 0 saturated heterocycles. The van der Waals surface area contributed by atoms with Crippen molar-refractivity contribution in [2.24, 2.45) is 17.1 Å². The number of aromatic nitrogens is 2. The summed E-state index contributed by atoms with van der Waals surface area (Å²) >= 11 is 1.42. The molecule has 0 bridgehead atoms. The van der Waals surface area contributed by atoms with Gasteiger partial charge < -0.3 is 9.67 Å². The number of nitrogens with zero attached hydrogens (tertiary/aromatic N) is 5. The third-order valence-electron chi connectivity index (χ3n) is 6.35. The Kier molecular flexibility index (Phi) is 5.71. The number of thiazole rings is 1. The zero-order chi connectivity index (χ0) is 25.5. The van der Waals surface area contributed by atoms with Gasteiger partial charge in [-0.15, -0.1) is 5.10 Å². The molecule has 2 amide bonds. The molecular weight excluding hydrogens is 486 g/mol. The van der Waals surface area contributed by atoms with Crippen LogP contribution in [0, 0.1) is 0 Å². The van der Waals surface area contributed by atoms with E-state index in [4.69, 9.17) is 5.11 Å². The Morgan fingerprint density at radius 3 is 2.54 bits per heavy atom. The third-order valence-corrected chi connectivity index (χ3v) is 7.45. The van der Waals surface area contributed by atoms with E-state index in [1.807, 2.05) is 77.1 Å². The van der Waals surface area contributed by atoms with Crippen LogP contribution in [0.1, 0.15) is 26.3 Å². The summed E-state index contributed by atoms with van der Waals surface area (Å²) in [5.41, 5.74) is 3.28. The van der Waals surface area contributed by atoms with Gasteiger partial charge in [-0.05, 0) is 35.7 Å². The van der Waals surface area contributed by atoms with Crippen LogP contribution in [0.2, 0.25) is 0 Å². The number of aliphatic hydroxyl groups is 1. The van der Waals surface area contributed by atoms with E-state index in [-0.39, 0.29) is 6.61 Å². The van der Waals surface area contributed by atoms with E-state index in [0.29, 0.717) is 33.5 Å². The van der Waals surface area contributed by atoms with Crippen molar-refractivity contribution >= 4 is 56.0 Å². The van der Waals surface area contributed by atoms with Crippen LogP contribution in [-0.2, 0) is 13.6 Å². The number of pyridine rings is 1. The Hall–Kier alpha value is -4.47. The fourth-order valence-corrected chi connectivity index (χ4v) is 5.49. The molecule has 0 fully saturated rings. The highest BCUT2D eigenvalue weighted by Crippen LogP contribution is 2.34. The van der Waals surface area contributed by atoms with Crippen LogP contribution in [0.15, 0.2) is 89.2 Å². The summed E-state index contributed by atoms with van der Waals surface area (Å²) < 4.78 is 4.77. The van der Waals surface area contributed by atoms with Crippen molar-refractivity contribution in [2.45, 2.75) is 6.54 Å². The van der Waals surface area contributed by atoms with Crippen molar-refractivity contribution in [1.29, 1.82) is 0 Å². The minimum atomic E-state index is -0.479. The fourth-order valence-electron chi connectivity index (χ4n) is 4.48. The van der Waals surface area contributed by atoms with Crippen LogP contribution in [0.25, 0.3) is 21.0 Å². The van der Waals surface area contributed by atoms with Crippen LogP contribution >= 0.6 is 11.3 Å². The molecule has 5 aromatic rings. The van der Waals surface area contributed by atoms with E-state index < -0.39 is 11.8 Å². The molecule has 0 unspecified atom stereocenters. The molecule has 0 spiro atoms. The Bertz CT molecular complexity index is 1800. The van der Waals surface area contributed by atoms with Crippen molar-refractivity contribution < 1.29 is 19.3 Å². The first-order chi connectivity index (χ1) is 18.0. The summed E-state index contributed by atoms with van der Waals surface area (Å²) in [4.78, 5) is 32.1. The van der Waals surface area contributed by atoms with Gasteiger partial charge >= 0.3 is 0 Å². The summed E-state index contributed by atoms with van der Waals surface area (Å²) in [6.07, 6.45) is 5.46. The first kappa shape index (κ1) is 23.0. The van der Waals surface area contributed by atoms with Crippen LogP contribution in [0.3, 0.4) is 0 Å². The molecule has 182 valence electrons. The average Bonchev–Trinajstić information content (AvgIpc) is 3.24. The van der Waals surface area contributed by atoms with Gasteiger partial charge in [-0.2, -0.15) is 5.01 Å². The Morgan fingerprint density at radius 2 is 1.76 bits per heavy atom. The number of aliphatic hydroxyl groups excluding tert-OH is 1. The standard InChI is InChI=1S/C28H22N5O3S/c1-31-23-7-2-3-8-24(23)37-28(31)30-33-26(35)21-6-4-5-19-15-20(16-22(25(19)21)27(33)36)29-17-18-9-11-32(12-10-18)13-14-34/h2-12,15-17,34H,13-14H2,1H3/q+1. The maximum Gasteiger partial charge on any atom is 0.282 e. The van der Waals surface area contributed by atoms with Gasteiger partial charge in [0.25, 0.3) is 11.8 Å². The van der Waals surface area contributed by atoms with Gasteiger partial charge in [-0.1, -0.05) is 35.6 Å². The van der Waals surface area contributed by atoms with E-state index in [1.54, 1.807) is 24.4 Å². The third kappa shape index (κ3) is 4.04. The lowest BCUT2D eigenvalue weighted by atomic mass is 9.94. The zero-order valence-electron chi connectivity index (χ0n) is 19.9. The summed E-state index contributed by atoms with van der Waals surface area (Å²) in [6.45, 7) is 0.594. The van der Waals surface area contributed by atoms with Crippen molar-refractivity contribution in [3.8, 4) is 0 Å². The number of hydrogen-bond acceptors (Lipinski definition) is 6. The highest BCUT2D eigenvalue weighted by molar-refractivity contribution is 7.16. The van der Waals surface area contributed by atoms with Gasteiger partial charge in [-0.25, -0.2) is 4.57 Å². The largest absolute Gasteiger partial charge is 0.390 e. The second kappa shape index (κ2) is 9.20. The topological polar surface area (TPSA) is 91.1 Å². The maximum atomic E-state index is 13.6. The van der Waals surface area contributed by atoms with Gasteiger partial charge in [0.05, 0.1) is 27.0 Å². The predicted octanol–water partition coefficient (Wildman–Crippen LogP) is 3.54. The molecule has 1 N–H and O–H groups in total. The summed E-state index contributed by atoms with van der Waals surface area (Å²) in [7, 11) is 1.87. The summed E-state index contributed by atoms with van der Waals surface area (Å²) in [5, 5.41) is 15.9. The minimum Gasteiger partial charge on any atom is -0.390 e. The van der Waals surface area contributed by atoms with E-state index in [9.17, 15) is 9.59 Å². The minimum absolute atomic E-state index is 0.0704. The molecule has 9 heteroatoms. The molecule has 3 heterocycles. The summed E-state index contributed by atoms with van der Waals surface area (Å²) in [5.74, 6) is -0.926. The number of carbonyl (C=O) groups is 2. The molecule has 0 atom stereocenters. The van der Waals surface area contributed by atoms with E-state index in [0.717, 1.165) is 26.2 Å². The molecule has 0 saturated carbocycles. The number of carbonyl (C=O) groups excluding carboxylic acids is 2. The van der Waals surface area contributed by atoms with Gasteiger partial charge in [0.15, 0.2) is 18.9 Å². The van der Waals surface area contributed by atoms with E-state index in [2.05, 4.69) is 10.1 Å². The average molecular weight is 509 g/mol. The first-order valence-corrected chi connectivity index (χ1v) is 12.5. The number of rotatable bonds is 5. The molecule has 0 radical (unpaired) electrons.